The summed E-state index contributed by atoms with van der Waals surface area (Å²) >= 11 is 0. The smallest absolute Gasteiger partial charge is 0.0886 e. The van der Waals surface area contributed by atoms with Gasteiger partial charge in [0.25, 0.3) is 0 Å². The number of hydrogen-bond donors (Lipinski definition) is 0. The second-order valence-electron chi connectivity index (χ2n) is 5.79. The number of aromatic nitrogens is 2. The van der Waals surface area contributed by atoms with Crippen molar-refractivity contribution in [3.05, 3.63) is 47.8 Å². The molecule has 0 saturated heterocycles. The number of hydrogen-bond acceptors (Lipinski definition) is 2. The number of nitrogens with zero attached hydrogens (tertiary/aromatic N) is 2. The molecule has 2 rings (SSSR count). The molecule has 2 aromatic heterocycles. The maximum absolute atomic E-state index is 4.54. The molecule has 0 atom stereocenters. The van der Waals surface area contributed by atoms with Gasteiger partial charge in [-0.25, -0.2) is 0 Å². The average Bonchev–Trinajstić information content (AvgIpc) is 2.52. The highest BCUT2D eigenvalue weighted by atomic mass is 14.8. The molecule has 2 heterocycles. The van der Waals surface area contributed by atoms with Crippen LogP contribution in [0.15, 0.2) is 36.7 Å². The van der Waals surface area contributed by atoms with Gasteiger partial charge >= 0.3 is 0 Å². The summed E-state index contributed by atoms with van der Waals surface area (Å²) in [7, 11) is 0. The minimum atomic E-state index is 0.951. The average molecular weight is 282 g/mol. The van der Waals surface area contributed by atoms with Crippen molar-refractivity contribution in [3.63, 3.8) is 0 Å². The molecule has 2 aromatic rings. The van der Waals surface area contributed by atoms with Crippen molar-refractivity contribution in [1.29, 1.82) is 0 Å². The lowest BCUT2D eigenvalue weighted by Crippen LogP contribution is -1.91. The summed E-state index contributed by atoms with van der Waals surface area (Å²) in [5.74, 6) is 0. The van der Waals surface area contributed by atoms with Crippen molar-refractivity contribution in [2.45, 2.75) is 58.8 Å². The van der Waals surface area contributed by atoms with Crippen LogP contribution in [0.5, 0.6) is 0 Å². The maximum atomic E-state index is 4.54. The highest BCUT2D eigenvalue weighted by molar-refractivity contribution is 5.53. The quantitative estimate of drug-likeness (QED) is 0.609. The van der Waals surface area contributed by atoms with E-state index in [0.717, 1.165) is 17.8 Å². The predicted octanol–water partition coefficient (Wildman–Crippen LogP) is 5.36. The third kappa shape index (κ3) is 5.30. The van der Waals surface area contributed by atoms with E-state index in [9.17, 15) is 0 Å². The van der Waals surface area contributed by atoms with E-state index >= 15 is 0 Å². The zero-order valence-electron chi connectivity index (χ0n) is 13.3. The molecule has 0 radical (unpaired) electrons. The fourth-order valence-corrected chi connectivity index (χ4v) is 2.45. The van der Waals surface area contributed by atoms with Crippen LogP contribution in [0.4, 0.5) is 0 Å². The molecule has 0 bridgehead atoms. The fourth-order valence-electron chi connectivity index (χ4n) is 2.45. The van der Waals surface area contributed by atoms with Gasteiger partial charge in [0.05, 0.1) is 11.4 Å². The standard InChI is InChI=1S/C19H26N2/c1-3-4-5-6-7-8-9-17-11-13-19(21-15-17)18-12-10-16(2)14-20-18/h10-15H,3-9H2,1-2H3. The van der Waals surface area contributed by atoms with Crippen LogP contribution >= 0.6 is 0 Å². The number of pyridine rings is 2. The molecule has 0 aliphatic carbocycles. The Kier molecular flexibility index (Phi) is 6.39. The Morgan fingerprint density at radius 3 is 2.05 bits per heavy atom. The Labute approximate surface area is 128 Å². The first-order valence-electron chi connectivity index (χ1n) is 8.17. The second kappa shape index (κ2) is 8.56. The molecule has 2 heteroatoms. The minimum absolute atomic E-state index is 0.951. The van der Waals surface area contributed by atoms with Crippen LogP contribution in [0, 0.1) is 6.92 Å². The molecule has 0 fully saturated rings. The summed E-state index contributed by atoms with van der Waals surface area (Å²) in [5, 5.41) is 0. The second-order valence-corrected chi connectivity index (χ2v) is 5.79. The highest BCUT2D eigenvalue weighted by Crippen LogP contribution is 2.16. The third-order valence-electron chi connectivity index (χ3n) is 3.82. The Morgan fingerprint density at radius 2 is 1.43 bits per heavy atom. The summed E-state index contributed by atoms with van der Waals surface area (Å²) in [4.78, 5) is 8.96. The Morgan fingerprint density at radius 1 is 0.762 bits per heavy atom. The molecule has 0 aliphatic rings. The molecule has 0 spiro atoms. The van der Waals surface area contributed by atoms with Gasteiger partial charge in [0.1, 0.15) is 0 Å². The highest BCUT2D eigenvalue weighted by Gasteiger charge is 2.01. The van der Waals surface area contributed by atoms with Crippen LogP contribution in [0.25, 0.3) is 11.4 Å². The van der Waals surface area contributed by atoms with E-state index in [4.69, 9.17) is 0 Å². The molecule has 0 unspecified atom stereocenters. The number of unbranched alkanes of at least 4 members (excludes halogenated alkanes) is 5. The first-order valence-corrected chi connectivity index (χ1v) is 8.17. The van der Waals surface area contributed by atoms with Crippen molar-refractivity contribution in [1.82, 2.24) is 9.97 Å². The monoisotopic (exact) mass is 282 g/mol. The van der Waals surface area contributed by atoms with Crippen LogP contribution in [0.2, 0.25) is 0 Å². The fraction of sp³-hybridized carbons (Fsp3) is 0.474. The lowest BCUT2D eigenvalue weighted by atomic mass is 10.1. The topological polar surface area (TPSA) is 25.8 Å². The molecule has 0 N–H and O–H groups in total. The van der Waals surface area contributed by atoms with Gasteiger partial charge in [0.15, 0.2) is 0 Å². The van der Waals surface area contributed by atoms with Gasteiger partial charge in [-0.15, -0.1) is 0 Å². The number of rotatable bonds is 8. The first kappa shape index (κ1) is 15.7. The molecule has 21 heavy (non-hydrogen) atoms. The molecule has 0 aromatic carbocycles. The zero-order chi connectivity index (χ0) is 14.9. The normalized spacial score (nSPS) is 10.8. The molecule has 0 saturated carbocycles. The summed E-state index contributed by atoms with van der Waals surface area (Å²) in [6, 6.07) is 8.39. The van der Waals surface area contributed by atoms with Gasteiger partial charge in [-0.1, -0.05) is 51.2 Å². The largest absolute Gasteiger partial charge is 0.254 e. The zero-order valence-corrected chi connectivity index (χ0v) is 13.3. The van der Waals surface area contributed by atoms with E-state index in [1.807, 2.05) is 25.4 Å². The van der Waals surface area contributed by atoms with E-state index < -0.39 is 0 Å². The Balaban J connectivity index is 1.80. The van der Waals surface area contributed by atoms with Crippen molar-refractivity contribution in [3.8, 4) is 11.4 Å². The van der Waals surface area contributed by atoms with Crippen molar-refractivity contribution in [2.75, 3.05) is 0 Å². The SMILES string of the molecule is CCCCCCCCc1ccc(-c2ccc(C)cn2)nc1. The molecular formula is C19H26N2. The van der Waals surface area contributed by atoms with E-state index in [2.05, 4.69) is 35.1 Å². The lowest BCUT2D eigenvalue weighted by Gasteiger charge is -2.04. The van der Waals surface area contributed by atoms with Gasteiger partial charge in [0.2, 0.25) is 0 Å². The van der Waals surface area contributed by atoms with Crippen LogP contribution in [-0.4, -0.2) is 9.97 Å². The summed E-state index contributed by atoms with van der Waals surface area (Å²) < 4.78 is 0. The van der Waals surface area contributed by atoms with E-state index in [0.29, 0.717) is 0 Å². The summed E-state index contributed by atoms with van der Waals surface area (Å²) in [6.45, 7) is 4.31. The molecule has 0 amide bonds. The Hall–Kier alpha value is -1.70. The van der Waals surface area contributed by atoms with E-state index in [1.54, 1.807) is 0 Å². The van der Waals surface area contributed by atoms with Gasteiger partial charge in [-0.2, -0.15) is 0 Å². The number of aryl methyl sites for hydroxylation is 2. The van der Waals surface area contributed by atoms with E-state index in [-0.39, 0.29) is 0 Å². The van der Waals surface area contributed by atoms with Crippen molar-refractivity contribution in [2.24, 2.45) is 0 Å². The maximum Gasteiger partial charge on any atom is 0.0886 e. The molecule has 0 aliphatic heterocycles. The Bertz CT molecular complexity index is 514. The van der Waals surface area contributed by atoms with Gasteiger partial charge in [-0.3, -0.25) is 9.97 Å². The van der Waals surface area contributed by atoms with Gasteiger partial charge < -0.3 is 0 Å². The van der Waals surface area contributed by atoms with Crippen LogP contribution in [-0.2, 0) is 6.42 Å². The molecular weight excluding hydrogens is 256 g/mol. The van der Waals surface area contributed by atoms with Crippen molar-refractivity contribution < 1.29 is 0 Å². The summed E-state index contributed by atoms with van der Waals surface area (Å²) in [5.41, 5.74) is 4.42. The van der Waals surface area contributed by atoms with Gasteiger partial charge in [0, 0.05) is 12.4 Å². The third-order valence-corrected chi connectivity index (χ3v) is 3.82. The van der Waals surface area contributed by atoms with Crippen LogP contribution in [0.3, 0.4) is 0 Å². The van der Waals surface area contributed by atoms with Crippen LogP contribution in [0.1, 0.15) is 56.6 Å². The van der Waals surface area contributed by atoms with Crippen LogP contribution < -0.4 is 0 Å². The lowest BCUT2D eigenvalue weighted by molar-refractivity contribution is 0.607. The summed E-state index contributed by atoms with van der Waals surface area (Å²) in [6.07, 6.45) is 13.1. The predicted molar refractivity (Wildman–Crippen MR) is 89.3 cm³/mol. The first-order chi connectivity index (χ1) is 10.3. The van der Waals surface area contributed by atoms with Gasteiger partial charge in [-0.05, 0) is 43.0 Å². The van der Waals surface area contributed by atoms with E-state index in [1.165, 1.54) is 49.7 Å². The van der Waals surface area contributed by atoms with Crippen molar-refractivity contribution >= 4 is 0 Å². The minimum Gasteiger partial charge on any atom is -0.254 e. The molecule has 2 nitrogen and oxygen atoms in total. The molecule has 112 valence electrons.